The van der Waals surface area contributed by atoms with E-state index in [2.05, 4.69) is 0 Å². The first-order valence-corrected chi connectivity index (χ1v) is 6.54. The summed E-state index contributed by atoms with van der Waals surface area (Å²) < 4.78 is 4.74. The van der Waals surface area contributed by atoms with Crippen molar-refractivity contribution in [1.29, 1.82) is 0 Å². The summed E-state index contributed by atoms with van der Waals surface area (Å²) in [6, 6.07) is 7.00. The monoisotopic (exact) mass is 327 g/mol. The largest absolute Gasteiger partial charge is 0.467 e. The molecule has 1 atom stereocenters. The van der Waals surface area contributed by atoms with Gasteiger partial charge >= 0.3 is 12.0 Å². The lowest BCUT2D eigenvalue weighted by Crippen LogP contribution is -2.41. The van der Waals surface area contributed by atoms with Crippen LogP contribution in [0.1, 0.15) is 11.6 Å². The van der Waals surface area contributed by atoms with Crippen molar-refractivity contribution in [2.75, 3.05) is 26.7 Å². The lowest BCUT2D eigenvalue weighted by molar-refractivity contribution is -0.149. The Balaban J connectivity index is 0.00000242. The topological polar surface area (TPSA) is 92.9 Å². The number of carbonyl (C=O) groups excluding carboxylic acids is 3. The number of amides is 3. The Morgan fingerprint density at radius 3 is 2.50 bits per heavy atom. The highest BCUT2D eigenvalue weighted by Crippen LogP contribution is 2.27. The molecule has 1 aliphatic heterocycles. The molecular formula is C14H18ClN3O4. The normalized spacial score (nSPS) is 15.5. The molecule has 8 heteroatoms. The summed E-state index contributed by atoms with van der Waals surface area (Å²) in [7, 11) is 1.22. The Kier molecular flexibility index (Phi) is 6.33. The molecule has 7 nitrogen and oxygen atoms in total. The number of urea groups is 1. The molecule has 1 fully saturated rings. The van der Waals surface area contributed by atoms with Crippen LogP contribution in [0.2, 0.25) is 0 Å². The fourth-order valence-electron chi connectivity index (χ4n) is 2.29. The summed E-state index contributed by atoms with van der Waals surface area (Å²) >= 11 is 0. The third-order valence-corrected chi connectivity index (χ3v) is 3.27. The predicted molar refractivity (Wildman–Crippen MR) is 81.3 cm³/mol. The van der Waals surface area contributed by atoms with Crippen LogP contribution in [0.5, 0.6) is 0 Å². The molecule has 2 rings (SSSR count). The van der Waals surface area contributed by atoms with Gasteiger partial charge < -0.3 is 15.4 Å². The minimum atomic E-state index is -1.07. The number of halogens is 1. The van der Waals surface area contributed by atoms with Crippen LogP contribution in [-0.4, -0.2) is 54.5 Å². The number of nitrogens with zero attached hydrogens (tertiary/aromatic N) is 2. The van der Waals surface area contributed by atoms with Crippen molar-refractivity contribution >= 4 is 30.3 Å². The van der Waals surface area contributed by atoms with Gasteiger partial charge in [0.2, 0.25) is 0 Å². The molecule has 0 saturated carbocycles. The van der Waals surface area contributed by atoms with E-state index >= 15 is 0 Å². The number of nitrogens with two attached hydrogens (primary N) is 1. The van der Waals surface area contributed by atoms with E-state index in [4.69, 9.17) is 10.5 Å². The zero-order valence-electron chi connectivity index (χ0n) is 12.1. The molecular weight excluding hydrogens is 310 g/mol. The predicted octanol–water partition coefficient (Wildman–Crippen LogP) is 0.545. The Morgan fingerprint density at radius 1 is 1.32 bits per heavy atom. The highest BCUT2D eigenvalue weighted by atomic mass is 35.5. The quantitative estimate of drug-likeness (QED) is 0.629. The first-order valence-electron chi connectivity index (χ1n) is 6.54. The minimum absolute atomic E-state index is 0. The first kappa shape index (κ1) is 17.9. The van der Waals surface area contributed by atoms with Crippen molar-refractivity contribution in [3.05, 3.63) is 35.9 Å². The van der Waals surface area contributed by atoms with Crippen LogP contribution in [0.3, 0.4) is 0 Å². The summed E-state index contributed by atoms with van der Waals surface area (Å²) in [6.45, 7) is 0.446. The molecule has 1 saturated heterocycles. The Hall–Kier alpha value is -2.12. The number of esters is 1. The SMILES string of the molecule is COC(=O)C(c1ccccc1)N1C(=O)CN(CCN)C1=O.Cl. The van der Waals surface area contributed by atoms with Gasteiger partial charge in [-0.3, -0.25) is 4.79 Å². The number of hydrogen-bond acceptors (Lipinski definition) is 5. The lowest BCUT2D eigenvalue weighted by atomic mass is 10.1. The number of methoxy groups -OCH3 is 1. The standard InChI is InChI=1S/C14H17N3O4.ClH/c1-21-13(19)12(10-5-3-2-4-6-10)17-11(18)9-16(8-7-15)14(17)20;/h2-6,12H,7-9,15H2,1H3;1H. The molecule has 0 bridgehead atoms. The Morgan fingerprint density at radius 2 is 1.95 bits per heavy atom. The summed E-state index contributed by atoms with van der Waals surface area (Å²) in [6.07, 6.45) is 0. The van der Waals surface area contributed by atoms with Gasteiger partial charge in [-0.2, -0.15) is 0 Å². The van der Waals surface area contributed by atoms with Crippen molar-refractivity contribution in [3.63, 3.8) is 0 Å². The second-order valence-electron chi connectivity index (χ2n) is 4.59. The van der Waals surface area contributed by atoms with E-state index < -0.39 is 23.9 Å². The zero-order valence-corrected chi connectivity index (χ0v) is 12.9. The van der Waals surface area contributed by atoms with Gasteiger partial charge in [-0.1, -0.05) is 30.3 Å². The van der Waals surface area contributed by atoms with Crippen LogP contribution in [0.25, 0.3) is 0 Å². The molecule has 0 aliphatic carbocycles. The van der Waals surface area contributed by atoms with E-state index in [1.165, 1.54) is 12.0 Å². The van der Waals surface area contributed by atoms with Crippen molar-refractivity contribution in [2.24, 2.45) is 5.73 Å². The van der Waals surface area contributed by atoms with Gasteiger partial charge in [-0.25, -0.2) is 14.5 Å². The molecule has 0 radical (unpaired) electrons. The van der Waals surface area contributed by atoms with Crippen molar-refractivity contribution in [3.8, 4) is 0 Å². The van der Waals surface area contributed by atoms with E-state index in [9.17, 15) is 14.4 Å². The van der Waals surface area contributed by atoms with Crippen LogP contribution in [-0.2, 0) is 14.3 Å². The van der Waals surface area contributed by atoms with Crippen LogP contribution in [0.4, 0.5) is 4.79 Å². The number of ether oxygens (including phenoxy) is 1. The van der Waals surface area contributed by atoms with Crippen LogP contribution in [0, 0.1) is 0 Å². The molecule has 2 N–H and O–H groups in total. The first-order chi connectivity index (χ1) is 10.1. The molecule has 22 heavy (non-hydrogen) atoms. The zero-order chi connectivity index (χ0) is 15.4. The number of rotatable bonds is 5. The van der Waals surface area contributed by atoms with Crippen LogP contribution < -0.4 is 5.73 Å². The van der Waals surface area contributed by atoms with Crippen molar-refractivity contribution in [2.45, 2.75) is 6.04 Å². The maximum absolute atomic E-state index is 12.3. The number of benzene rings is 1. The van der Waals surface area contributed by atoms with Gasteiger partial charge in [0.05, 0.1) is 7.11 Å². The van der Waals surface area contributed by atoms with Gasteiger partial charge in [-0.15, -0.1) is 12.4 Å². The summed E-state index contributed by atoms with van der Waals surface area (Å²) in [4.78, 5) is 38.7. The van der Waals surface area contributed by atoms with Gasteiger partial charge in [0, 0.05) is 13.1 Å². The molecule has 1 aliphatic rings. The van der Waals surface area contributed by atoms with Gasteiger partial charge in [0.1, 0.15) is 6.54 Å². The molecule has 1 unspecified atom stereocenters. The van der Waals surface area contributed by atoms with E-state index in [-0.39, 0.29) is 32.0 Å². The van der Waals surface area contributed by atoms with Gasteiger partial charge in [0.15, 0.2) is 6.04 Å². The number of imide groups is 1. The second kappa shape index (κ2) is 7.77. The molecule has 1 aromatic rings. The maximum Gasteiger partial charge on any atom is 0.333 e. The summed E-state index contributed by atoms with van der Waals surface area (Å²) in [5.41, 5.74) is 5.95. The fraction of sp³-hybridized carbons (Fsp3) is 0.357. The van der Waals surface area contributed by atoms with Crippen LogP contribution in [0.15, 0.2) is 30.3 Å². The molecule has 0 spiro atoms. The summed E-state index contributed by atoms with van der Waals surface area (Å²) in [5.74, 6) is -1.09. The molecule has 0 aromatic heterocycles. The van der Waals surface area contributed by atoms with Gasteiger partial charge in [0.25, 0.3) is 5.91 Å². The molecule has 3 amide bonds. The van der Waals surface area contributed by atoms with E-state index in [0.29, 0.717) is 5.56 Å². The molecule has 1 heterocycles. The Bertz CT molecular complexity index is 552. The smallest absolute Gasteiger partial charge is 0.333 e. The molecule has 120 valence electrons. The fourth-order valence-corrected chi connectivity index (χ4v) is 2.29. The van der Waals surface area contributed by atoms with E-state index in [0.717, 1.165) is 4.90 Å². The van der Waals surface area contributed by atoms with E-state index in [1.807, 2.05) is 0 Å². The average molecular weight is 328 g/mol. The summed E-state index contributed by atoms with van der Waals surface area (Å²) in [5, 5.41) is 0. The Labute approximate surface area is 134 Å². The number of hydrogen-bond donors (Lipinski definition) is 1. The minimum Gasteiger partial charge on any atom is -0.467 e. The average Bonchev–Trinajstić information content (AvgIpc) is 2.77. The lowest BCUT2D eigenvalue weighted by Gasteiger charge is -2.24. The third-order valence-electron chi connectivity index (χ3n) is 3.27. The molecule has 1 aromatic carbocycles. The van der Waals surface area contributed by atoms with Gasteiger partial charge in [-0.05, 0) is 5.56 Å². The number of carbonyl (C=O) groups is 3. The maximum atomic E-state index is 12.3. The van der Waals surface area contributed by atoms with Crippen LogP contribution >= 0.6 is 12.4 Å². The highest BCUT2D eigenvalue weighted by Gasteiger charge is 2.44. The third kappa shape index (κ3) is 3.37. The van der Waals surface area contributed by atoms with Crippen molar-refractivity contribution < 1.29 is 19.1 Å². The highest BCUT2D eigenvalue weighted by molar-refractivity contribution is 6.05. The van der Waals surface area contributed by atoms with E-state index in [1.54, 1.807) is 30.3 Å². The van der Waals surface area contributed by atoms with Crippen molar-refractivity contribution in [1.82, 2.24) is 9.80 Å². The second-order valence-corrected chi connectivity index (χ2v) is 4.59.